The van der Waals surface area contributed by atoms with Gasteiger partial charge in [-0.05, 0) is 10.8 Å². The maximum atomic E-state index is 5.31. The van der Waals surface area contributed by atoms with Crippen LogP contribution in [0.4, 0.5) is 0 Å². The van der Waals surface area contributed by atoms with E-state index in [9.17, 15) is 0 Å². The second-order valence-electron chi connectivity index (χ2n) is 4.63. The molecule has 102 valence electrons. The summed E-state index contributed by atoms with van der Waals surface area (Å²) >= 11 is 5.31. The summed E-state index contributed by atoms with van der Waals surface area (Å²) in [5.74, 6) is 0. The van der Waals surface area contributed by atoms with Gasteiger partial charge in [0.25, 0.3) is 0 Å². The fourth-order valence-corrected chi connectivity index (χ4v) is 2.37. The molecule has 0 aromatic heterocycles. The molecule has 0 spiro atoms. The quantitative estimate of drug-likeness (QED) is 0.445. The first-order chi connectivity index (χ1) is 10.3. The Morgan fingerprint density at radius 3 is 2.43 bits per heavy atom. The monoisotopic (exact) mass is 290 g/mol. The number of thiocarbonyl (C=S) groups is 1. The van der Waals surface area contributed by atoms with Gasteiger partial charge in [-0.2, -0.15) is 5.10 Å². The van der Waals surface area contributed by atoms with Crippen molar-refractivity contribution in [2.75, 3.05) is 0 Å². The highest BCUT2D eigenvalue weighted by atomic mass is 32.1. The van der Waals surface area contributed by atoms with Crippen molar-refractivity contribution < 1.29 is 0 Å². The van der Waals surface area contributed by atoms with Crippen molar-refractivity contribution in [3.8, 4) is 0 Å². The molecular formula is C18H14N2S. The number of fused-ring (bicyclic) bond motifs is 1. The number of benzene rings is 3. The molecule has 0 saturated heterocycles. The van der Waals surface area contributed by atoms with E-state index in [0.717, 1.165) is 11.1 Å². The van der Waals surface area contributed by atoms with Gasteiger partial charge in [0, 0.05) is 11.1 Å². The van der Waals surface area contributed by atoms with Crippen LogP contribution in [0.2, 0.25) is 0 Å². The van der Waals surface area contributed by atoms with Gasteiger partial charge >= 0.3 is 0 Å². The topological polar surface area (TPSA) is 24.4 Å². The molecule has 21 heavy (non-hydrogen) atoms. The molecule has 3 heteroatoms. The van der Waals surface area contributed by atoms with Crippen molar-refractivity contribution >= 4 is 34.2 Å². The lowest BCUT2D eigenvalue weighted by Crippen LogP contribution is -2.16. The van der Waals surface area contributed by atoms with Crippen molar-refractivity contribution in [1.29, 1.82) is 0 Å². The summed E-state index contributed by atoms with van der Waals surface area (Å²) in [6, 6.07) is 24.2. The van der Waals surface area contributed by atoms with E-state index < -0.39 is 0 Å². The van der Waals surface area contributed by atoms with Crippen LogP contribution >= 0.6 is 12.2 Å². The van der Waals surface area contributed by atoms with Crippen LogP contribution in [0.1, 0.15) is 11.1 Å². The van der Waals surface area contributed by atoms with E-state index in [2.05, 4.69) is 28.7 Å². The zero-order chi connectivity index (χ0) is 14.5. The summed E-state index contributed by atoms with van der Waals surface area (Å²) in [7, 11) is 0. The average Bonchev–Trinajstić information content (AvgIpc) is 2.56. The maximum absolute atomic E-state index is 5.31. The first kappa shape index (κ1) is 13.5. The number of hydrogen-bond donors (Lipinski definition) is 1. The van der Waals surface area contributed by atoms with Crippen LogP contribution < -0.4 is 5.43 Å². The number of hydrazone groups is 1. The first-order valence-electron chi connectivity index (χ1n) is 6.71. The van der Waals surface area contributed by atoms with E-state index in [1.165, 1.54) is 10.8 Å². The number of nitrogens with one attached hydrogen (secondary N) is 1. The molecule has 3 rings (SSSR count). The Balaban J connectivity index is 1.78. The summed E-state index contributed by atoms with van der Waals surface area (Å²) in [6.45, 7) is 0. The predicted molar refractivity (Wildman–Crippen MR) is 92.8 cm³/mol. The van der Waals surface area contributed by atoms with Gasteiger partial charge in [-0.25, -0.2) is 0 Å². The molecule has 0 fully saturated rings. The van der Waals surface area contributed by atoms with Gasteiger partial charge in [0.2, 0.25) is 0 Å². The molecule has 0 bridgehead atoms. The lowest BCUT2D eigenvalue weighted by atomic mass is 10.1. The Morgan fingerprint density at radius 1 is 0.857 bits per heavy atom. The van der Waals surface area contributed by atoms with Gasteiger partial charge < -0.3 is 0 Å². The molecule has 2 nitrogen and oxygen atoms in total. The first-order valence-corrected chi connectivity index (χ1v) is 7.11. The smallest absolute Gasteiger partial charge is 0.126 e. The van der Waals surface area contributed by atoms with Gasteiger partial charge in [0.05, 0.1) is 6.21 Å². The van der Waals surface area contributed by atoms with Crippen molar-refractivity contribution in [2.24, 2.45) is 5.10 Å². The lowest BCUT2D eigenvalue weighted by Gasteiger charge is -2.03. The largest absolute Gasteiger partial charge is 0.267 e. The fraction of sp³-hybridized carbons (Fsp3) is 0. The highest BCUT2D eigenvalue weighted by Gasteiger charge is 1.99. The van der Waals surface area contributed by atoms with Gasteiger partial charge in [-0.1, -0.05) is 85.0 Å². The van der Waals surface area contributed by atoms with Gasteiger partial charge in [0.15, 0.2) is 0 Å². The number of nitrogens with zero attached hydrogens (tertiary/aromatic N) is 1. The number of rotatable bonds is 3. The van der Waals surface area contributed by atoms with Crippen LogP contribution in [-0.4, -0.2) is 11.2 Å². The lowest BCUT2D eigenvalue weighted by molar-refractivity contribution is 1.06. The van der Waals surface area contributed by atoms with Gasteiger partial charge in [-0.3, -0.25) is 5.43 Å². The van der Waals surface area contributed by atoms with Crippen LogP contribution in [0.15, 0.2) is 77.9 Å². The molecule has 0 unspecified atom stereocenters. The summed E-state index contributed by atoms with van der Waals surface area (Å²) in [4.78, 5) is 0.618. The standard InChI is InChI=1S/C18H14N2S/c21-18(15-8-2-1-3-9-15)20-19-13-16-11-6-10-14-7-4-5-12-17(14)16/h1-13H,(H,20,21)/b19-13+. The van der Waals surface area contributed by atoms with Crippen LogP contribution in [0.5, 0.6) is 0 Å². The molecule has 0 atom stereocenters. The SMILES string of the molecule is S=C(N/N=C/c1cccc2ccccc12)c1ccccc1. The van der Waals surface area contributed by atoms with Crippen LogP contribution in [0.3, 0.4) is 0 Å². The minimum Gasteiger partial charge on any atom is -0.267 e. The Morgan fingerprint density at radius 2 is 1.57 bits per heavy atom. The third kappa shape index (κ3) is 3.15. The maximum Gasteiger partial charge on any atom is 0.126 e. The van der Waals surface area contributed by atoms with E-state index in [0.29, 0.717) is 4.99 Å². The molecule has 0 aliphatic heterocycles. The van der Waals surface area contributed by atoms with Crippen molar-refractivity contribution in [3.05, 3.63) is 83.9 Å². The van der Waals surface area contributed by atoms with E-state index in [-0.39, 0.29) is 0 Å². The Bertz CT molecular complexity index is 789. The second-order valence-corrected chi connectivity index (χ2v) is 5.04. The number of hydrogen-bond acceptors (Lipinski definition) is 2. The highest BCUT2D eigenvalue weighted by molar-refractivity contribution is 7.80. The van der Waals surface area contributed by atoms with Crippen LogP contribution in [-0.2, 0) is 0 Å². The normalized spacial score (nSPS) is 10.9. The van der Waals surface area contributed by atoms with Gasteiger partial charge in [-0.15, -0.1) is 0 Å². The van der Waals surface area contributed by atoms with Gasteiger partial charge in [0.1, 0.15) is 4.99 Å². The predicted octanol–water partition coefficient (Wildman–Crippen LogP) is 4.14. The second kappa shape index (κ2) is 6.29. The van der Waals surface area contributed by atoms with E-state index in [1.807, 2.05) is 54.6 Å². The highest BCUT2D eigenvalue weighted by Crippen LogP contribution is 2.16. The molecule has 3 aromatic carbocycles. The van der Waals surface area contributed by atoms with E-state index in [4.69, 9.17) is 12.2 Å². The average molecular weight is 290 g/mol. The molecule has 0 aliphatic rings. The Hall–Kier alpha value is -2.52. The van der Waals surface area contributed by atoms with Crippen molar-refractivity contribution in [1.82, 2.24) is 5.43 Å². The fourth-order valence-electron chi connectivity index (χ4n) is 2.18. The summed E-state index contributed by atoms with van der Waals surface area (Å²) in [5.41, 5.74) is 4.94. The molecule has 0 aliphatic carbocycles. The Labute approximate surface area is 129 Å². The molecule has 0 heterocycles. The van der Waals surface area contributed by atoms with Crippen molar-refractivity contribution in [2.45, 2.75) is 0 Å². The van der Waals surface area contributed by atoms with Crippen LogP contribution in [0, 0.1) is 0 Å². The van der Waals surface area contributed by atoms with E-state index in [1.54, 1.807) is 6.21 Å². The van der Waals surface area contributed by atoms with Crippen molar-refractivity contribution in [3.63, 3.8) is 0 Å². The third-order valence-corrected chi connectivity index (χ3v) is 3.56. The van der Waals surface area contributed by atoms with E-state index >= 15 is 0 Å². The minimum absolute atomic E-state index is 0.618. The summed E-state index contributed by atoms with van der Waals surface area (Å²) in [5, 5.41) is 6.63. The molecule has 0 radical (unpaired) electrons. The Kier molecular flexibility index (Phi) is 4.03. The summed E-state index contributed by atoms with van der Waals surface area (Å²) in [6.07, 6.45) is 1.80. The third-order valence-electron chi connectivity index (χ3n) is 3.23. The molecule has 0 saturated carbocycles. The van der Waals surface area contributed by atoms with Crippen LogP contribution in [0.25, 0.3) is 10.8 Å². The molecular weight excluding hydrogens is 276 g/mol. The molecule has 3 aromatic rings. The summed E-state index contributed by atoms with van der Waals surface area (Å²) < 4.78 is 0. The minimum atomic E-state index is 0.618. The zero-order valence-corrected chi connectivity index (χ0v) is 12.2. The molecule has 1 N–H and O–H groups in total. The molecule has 0 amide bonds. The zero-order valence-electron chi connectivity index (χ0n) is 11.4.